The van der Waals surface area contributed by atoms with E-state index in [1.807, 2.05) is 32.0 Å². The number of rotatable bonds is 4. The van der Waals surface area contributed by atoms with Crippen LogP contribution in [-0.4, -0.2) is 54.7 Å². The normalized spacial score (nSPS) is 15.3. The third kappa shape index (κ3) is 7.05. The molecule has 0 spiro atoms. The summed E-state index contributed by atoms with van der Waals surface area (Å²) < 4.78 is 5.04. The van der Waals surface area contributed by atoms with E-state index >= 15 is 0 Å². The molecule has 1 fully saturated rings. The number of aryl methyl sites for hydroxylation is 1. The highest BCUT2D eigenvalue weighted by molar-refractivity contribution is 14.0. The molecule has 0 radical (unpaired) electrons. The van der Waals surface area contributed by atoms with Crippen LogP contribution in [0.5, 0.6) is 0 Å². The van der Waals surface area contributed by atoms with Gasteiger partial charge in [0.05, 0.1) is 18.8 Å². The van der Waals surface area contributed by atoms with Crippen LogP contribution in [0.25, 0.3) is 0 Å². The fraction of sp³-hybridized carbons (Fsp3) is 0.588. The van der Waals surface area contributed by atoms with Gasteiger partial charge in [0, 0.05) is 31.9 Å². The molecule has 1 amide bonds. The van der Waals surface area contributed by atoms with Crippen LogP contribution in [0.4, 0.5) is 4.79 Å². The summed E-state index contributed by atoms with van der Waals surface area (Å²) in [6.07, 6.45) is 1.54. The maximum absolute atomic E-state index is 11.7. The first-order valence-corrected chi connectivity index (χ1v) is 8.43. The molecule has 0 bridgehead atoms. The minimum atomic E-state index is -0.219. The van der Waals surface area contributed by atoms with Gasteiger partial charge in [-0.2, -0.15) is 0 Å². The van der Waals surface area contributed by atoms with E-state index < -0.39 is 0 Å². The smallest absolute Gasteiger partial charge is 0.409 e. The minimum absolute atomic E-state index is 0. The molecule has 2 heterocycles. The number of halogens is 1. The van der Waals surface area contributed by atoms with Gasteiger partial charge in [-0.05, 0) is 38.8 Å². The first-order valence-electron chi connectivity index (χ1n) is 8.43. The van der Waals surface area contributed by atoms with Crippen LogP contribution in [-0.2, 0) is 11.3 Å². The number of aromatic nitrogens is 1. The van der Waals surface area contributed by atoms with Crippen LogP contribution in [0.15, 0.2) is 23.2 Å². The zero-order valence-corrected chi connectivity index (χ0v) is 17.4. The van der Waals surface area contributed by atoms with Crippen LogP contribution in [0.1, 0.15) is 31.2 Å². The molecular weight excluding hydrogens is 433 g/mol. The second-order valence-electron chi connectivity index (χ2n) is 5.80. The Labute approximate surface area is 166 Å². The van der Waals surface area contributed by atoms with Crippen LogP contribution in [0.3, 0.4) is 0 Å². The highest BCUT2D eigenvalue weighted by atomic mass is 127. The molecule has 140 valence electrons. The molecule has 1 aliphatic heterocycles. The number of pyridine rings is 1. The second-order valence-corrected chi connectivity index (χ2v) is 5.80. The summed E-state index contributed by atoms with van der Waals surface area (Å²) in [4.78, 5) is 22.2. The third-order valence-corrected chi connectivity index (χ3v) is 3.97. The number of carbonyl (C=O) groups is 1. The minimum Gasteiger partial charge on any atom is -0.450 e. The maximum atomic E-state index is 11.7. The fourth-order valence-corrected chi connectivity index (χ4v) is 2.68. The SMILES string of the molecule is CCOC(=O)N1CCC(NC(=NC)NCc2cccc(C)n2)CC1.I. The van der Waals surface area contributed by atoms with Crippen molar-refractivity contribution in [1.82, 2.24) is 20.5 Å². The molecule has 2 rings (SSSR count). The fourth-order valence-electron chi connectivity index (χ4n) is 2.68. The first-order chi connectivity index (χ1) is 11.6. The lowest BCUT2D eigenvalue weighted by Gasteiger charge is -2.32. The van der Waals surface area contributed by atoms with E-state index in [0.717, 1.165) is 30.2 Å². The Morgan fingerprint density at radius 2 is 2.12 bits per heavy atom. The lowest BCUT2D eigenvalue weighted by atomic mass is 10.1. The summed E-state index contributed by atoms with van der Waals surface area (Å²) in [5.74, 6) is 0.757. The highest BCUT2D eigenvalue weighted by Crippen LogP contribution is 2.11. The molecule has 0 aliphatic carbocycles. The van der Waals surface area contributed by atoms with Gasteiger partial charge in [-0.25, -0.2) is 4.79 Å². The molecular formula is C17H28IN5O2. The van der Waals surface area contributed by atoms with Crippen LogP contribution < -0.4 is 10.6 Å². The average Bonchev–Trinajstić information content (AvgIpc) is 2.59. The van der Waals surface area contributed by atoms with E-state index in [1.54, 1.807) is 11.9 Å². The van der Waals surface area contributed by atoms with Crippen LogP contribution in [0, 0.1) is 6.92 Å². The van der Waals surface area contributed by atoms with Gasteiger partial charge in [0.15, 0.2) is 5.96 Å². The predicted octanol–water partition coefficient (Wildman–Crippen LogP) is 2.29. The number of piperidine rings is 1. The number of ether oxygens (including phenoxy) is 1. The molecule has 1 aromatic rings. The van der Waals surface area contributed by atoms with Gasteiger partial charge in [0.25, 0.3) is 0 Å². The summed E-state index contributed by atoms with van der Waals surface area (Å²) in [6, 6.07) is 6.27. The Morgan fingerprint density at radius 1 is 1.40 bits per heavy atom. The summed E-state index contributed by atoms with van der Waals surface area (Å²) in [5.41, 5.74) is 1.98. The van der Waals surface area contributed by atoms with Crippen molar-refractivity contribution in [3.8, 4) is 0 Å². The second kappa shape index (κ2) is 11.1. The Morgan fingerprint density at radius 3 is 2.72 bits per heavy atom. The molecule has 0 atom stereocenters. The van der Waals surface area contributed by atoms with Crippen molar-refractivity contribution in [1.29, 1.82) is 0 Å². The van der Waals surface area contributed by atoms with Gasteiger partial charge < -0.3 is 20.3 Å². The lowest BCUT2D eigenvalue weighted by molar-refractivity contribution is 0.0963. The number of nitrogens with zero attached hydrogens (tertiary/aromatic N) is 3. The van der Waals surface area contributed by atoms with Gasteiger partial charge in [0.1, 0.15) is 0 Å². The quantitative estimate of drug-likeness (QED) is 0.409. The number of nitrogens with one attached hydrogen (secondary N) is 2. The van der Waals surface area contributed by atoms with Gasteiger partial charge in [-0.1, -0.05) is 6.07 Å². The van der Waals surface area contributed by atoms with Crippen LogP contribution in [0.2, 0.25) is 0 Å². The third-order valence-electron chi connectivity index (χ3n) is 3.97. The van der Waals surface area contributed by atoms with E-state index in [-0.39, 0.29) is 30.1 Å². The monoisotopic (exact) mass is 461 g/mol. The zero-order chi connectivity index (χ0) is 17.4. The molecule has 1 saturated heterocycles. The standard InChI is InChI=1S/C17H27N5O2.HI/c1-4-24-17(23)22-10-8-14(9-11-22)21-16(18-3)19-12-15-7-5-6-13(2)20-15;/h5-7,14H,4,8-12H2,1-3H3,(H2,18,19,21);1H. The van der Waals surface area contributed by atoms with E-state index in [9.17, 15) is 4.79 Å². The number of amides is 1. The summed E-state index contributed by atoms with van der Waals surface area (Å²) in [6.45, 7) is 6.25. The number of hydrogen-bond donors (Lipinski definition) is 2. The molecule has 1 aromatic heterocycles. The number of aliphatic imine (C=N–C) groups is 1. The van der Waals surface area contributed by atoms with Crippen molar-refractivity contribution < 1.29 is 9.53 Å². The molecule has 1 aliphatic rings. The van der Waals surface area contributed by atoms with Crippen molar-refractivity contribution in [3.63, 3.8) is 0 Å². The molecule has 2 N–H and O–H groups in total. The average molecular weight is 461 g/mol. The number of guanidine groups is 1. The highest BCUT2D eigenvalue weighted by Gasteiger charge is 2.23. The van der Waals surface area contributed by atoms with Gasteiger partial charge >= 0.3 is 6.09 Å². The lowest BCUT2D eigenvalue weighted by Crippen LogP contribution is -2.49. The summed E-state index contributed by atoms with van der Waals surface area (Å²) >= 11 is 0. The largest absolute Gasteiger partial charge is 0.450 e. The maximum Gasteiger partial charge on any atom is 0.409 e. The molecule has 7 nitrogen and oxygen atoms in total. The van der Waals surface area contributed by atoms with Crippen molar-refractivity contribution >= 4 is 36.0 Å². The Hall–Kier alpha value is -1.58. The Balaban J connectivity index is 0.00000312. The van der Waals surface area contributed by atoms with E-state index in [2.05, 4.69) is 20.6 Å². The Bertz CT molecular complexity index is 574. The van der Waals surface area contributed by atoms with Crippen LogP contribution >= 0.6 is 24.0 Å². The molecule has 0 saturated carbocycles. The van der Waals surface area contributed by atoms with E-state index in [4.69, 9.17) is 4.74 Å². The zero-order valence-electron chi connectivity index (χ0n) is 15.1. The van der Waals surface area contributed by atoms with Crippen molar-refractivity contribution in [2.75, 3.05) is 26.7 Å². The molecule has 0 unspecified atom stereocenters. The van der Waals surface area contributed by atoms with Gasteiger partial charge in [0.2, 0.25) is 0 Å². The van der Waals surface area contributed by atoms with Gasteiger partial charge in [-0.15, -0.1) is 24.0 Å². The predicted molar refractivity (Wildman–Crippen MR) is 109 cm³/mol. The summed E-state index contributed by atoms with van der Waals surface area (Å²) in [5, 5.41) is 6.70. The van der Waals surface area contributed by atoms with Gasteiger partial charge in [-0.3, -0.25) is 9.98 Å². The summed E-state index contributed by atoms with van der Waals surface area (Å²) in [7, 11) is 1.76. The molecule has 25 heavy (non-hydrogen) atoms. The number of hydrogen-bond acceptors (Lipinski definition) is 4. The number of likely N-dealkylation sites (tertiary alicyclic amines) is 1. The van der Waals surface area contributed by atoms with Crippen molar-refractivity contribution in [2.24, 2.45) is 4.99 Å². The topological polar surface area (TPSA) is 78.8 Å². The molecule has 8 heteroatoms. The van der Waals surface area contributed by atoms with Crippen molar-refractivity contribution in [2.45, 2.75) is 39.3 Å². The van der Waals surface area contributed by atoms with E-state index in [1.165, 1.54) is 0 Å². The number of carbonyl (C=O) groups excluding carboxylic acids is 1. The first kappa shape index (κ1) is 21.5. The molecule has 0 aromatic carbocycles. The Kier molecular flexibility index (Phi) is 9.54. The van der Waals surface area contributed by atoms with Crippen molar-refractivity contribution in [3.05, 3.63) is 29.6 Å². The van der Waals surface area contributed by atoms with E-state index in [0.29, 0.717) is 32.3 Å².